The van der Waals surface area contributed by atoms with Crippen LogP contribution in [0.5, 0.6) is 0 Å². The second-order valence-corrected chi connectivity index (χ2v) is 7.17. The number of hydrogen-bond donors (Lipinski definition) is 2. The van der Waals surface area contributed by atoms with Gasteiger partial charge in [0.15, 0.2) is 5.13 Å². The van der Waals surface area contributed by atoms with E-state index in [1.807, 2.05) is 42.5 Å². The van der Waals surface area contributed by atoms with E-state index in [0.717, 1.165) is 15.8 Å². The average molecular weight is 413 g/mol. The van der Waals surface area contributed by atoms with Crippen LogP contribution in [0.3, 0.4) is 0 Å². The highest BCUT2D eigenvalue weighted by Crippen LogP contribution is 2.34. The van der Waals surface area contributed by atoms with E-state index in [2.05, 4.69) is 25.6 Å². The highest BCUT2D eigenvalue weighted by Gasteiger charge is 2.24. The van der Waals surface area contributed by atoms with Gasteiger partial charge in [0, 0.05) is 11.6 Å². The minimum absolute atomic E-state index is 0.0701. The molecule has 0 spiro atoms. The first-order chi connectivity index (χ1) is 13.6. The van der Waals surface area contributed by atoms with Crippen molar-refractivity contribution < 1.29 is 4.92 Å². The Morgan fingerprint density at radius 2 is 1.82 bits per heavy atom. The molecule has 10 heteroatoms. The lowest BCUT2D eigenvalue weighted by atomic mass is 10.2. The summed E-state index contributed by atoms with van der Waals surface area (Å²) in [6, 6.07) is 14.9. The first kappa shape index (κ1) is 18.1. The molecule has 28 heavy (non-hydrogen) atoms. The first-order valence-electron chi connectivity index (χ1n) is 8.21. The maximum Gasteiger partial charge on any atom is 0.353 e. The summed E-state index contributed by atoms with van der Waals surface area (Å²) in [5.41, 5.74) is 1.36. The molecule has 2 N–H and O–H groups in total. The number of halogens is 1. The Morgan fingerprint density at radius 1 is 1.07 bits per heavy atom. The van der Waals surface area contributed by atoms with Gasteiger partial charge in [-0.3, -0.25) is 10.1 Å². The van der Waals surface area contributed by atoms with Gasteiger partial charge in [-0.15, -0.1) is 0 Å². The molecule has 0 aliphatic rings. The Balaban J connectivity index is 1.63. The van der Waals surface area contributed by atoms with Gasteiger partial charge in [-0.1, -0.05) is 53.3 Å². The van der Waals surface area contributed by atoms with E-state index >= 15 is 0 Å². The van der Waals surface area contributed by atoms with Gasteiger partial charge in [0.1, 0.15) is 6.33 Å². The van der Waals surface area contributed by atoms with Crippen molar-refractivity contribution in [2.24, 2.45) is 0 Å². The summed E-state index contributed by atoms with van der Waals surface area (Å²) < 4.78 is 0.971. The van der Waals surface area contributed by atoms with Crippen LogP contribution in [0.4, 0.5) is 22.5 Å². The van der Waals surface area contributed by atoms with E-state index in [4.69, 9.17) is 11.6 Å². The predicted molar refractivity (Wildman–Crippen MR) is 110 cm³/mol. The van der Waals surface area contributed by atoms with Crippen LogP contribution >= 0.6 is 22.9 Å². The van der Waals surface area contributed by atoms with Crippen molar-refractivity contribution in [1.29, 1.82) is 0 Å². The average Bonchev–Trinajstić information content (AvgIpc) is 3.09. The number of nitro groups is 1. The molecular formula is C18H13ClN6O2S. The lowest BCUT2D eigenvalue weighted by Crippen LogP contribution is -2.08. The summed E-state index contributed by atoms with van der Waals surface area (Å²) in [6.07, 6.45) is 1.26. The largest absolute Gasteiger partial charge is 0.360 e. The lowest BCUT2D eigenvalue weighted by molar-refractivity contribution is -0.383. The number of nitrogens with zero attached hydrogens (tertiary/aromatic N) is 4. The van der Waals surface area contributed by atoms with Gasteiger partial charge in [-0.25, -0.2) is 15.0 Å². The van der Waals surface area contributed by atoms with E-state index in [1.54, 1.807) is 6.07 Å². The van der Waals surface area contributed by atoms with E-state index in [0.29, 0.717) is 10.2 Å². The van der Waals surface area contributed by atoms with E-state index in [-0.39, 0.29) is 23.9 Å². The Hall–Kier alpha value is -3.30. The molecule has 2 aromatic carbocycles. The third-order valence-corrected chi connectivity index (χ3v) is 5.25. The molecule has 2 aromatic heterocycles. The number of benzene rings is 2. The van der Waals surface area contributed by atoms with Crippen LogP contribution in [0.1, 0.15) is 5.56 Å². The highest BCUT2D eigenvalue weighted by molar-refractivity contribution is 7.22. The summed E-state index contributed by atoms with van der Waals surface area (Å²) in [5, 5.41) is 18.7. The summed E-state index contributed by atoms with van der Waals surface area (Å²) in [7, 11) is 0. The van der Waals surface area contributed by atoms with Crippen molar-refractivity contribution in [3.8, 4) is 0 Å². The second kappa shape index (κ2) is 7.75. The first-order valence-corrected chi connectivity index (χ1v) is 9.40. The molecule has 140 valence electrons. The van der Waals surface area contributed by atoms with Gasteiger partial charge in [0.25, 0.3) is 0 Å². The van der Waals surface area contributed by atoms with Crippen LogP contribution in [0, 0.1) is 10.1 Å². The zero-order chi connectivity index (χ0) is 19.5. The van der Waals surface area contributed by atoms with Gasteiger partial charge < -0.3 is 10.6 Å². The fraction of sp³-hybridized carbons (Fsp3) is 0.0556. The van der Waals surface area contributed by atoms with E-state index in [9.17, 15) is 10.1 Å². The Morgan fingerprint density at radius 3 is 2.61 bits per heavy atom. The number of aromatic nitrogens is 3. The number of rotatable bonds is 6. The smallest absolute Gasteiger partial charge is 0.353 e. The maximum atomic E-state index is 11.7. The molecule has 0 saturated carbocycles. The minimum atomic E-state index is -0.523. The molecule has 0 saturated heterocycles. The zero-order valence-electron chi connectivity index (χ0n) is 14.3. The van der Waals surface area contributed by atoms with Gasteiger partial charge >= 0.3 is 5.69 Å². The quantitative estimate of drug-likeness (QED) is 0.339. The maximum absolute atomic E-state index is 11.7. The second-order valence-electron chi connectivity index (χ2n) is 5.73. The third kappa shape index (κ3) is 3.71. The van der Waals surface area contributed by atoms with Crippen LogP contribution in [0.25, 0.3) is 10.2 Å². The number of anilines is 3. The van der Waals surface area contributed by atoms with Crippen molar-refractivity contribution in [3.05, 3.63) is 75.6 Å². The Kier molecular flexibility index (Phi) is 5.00. The summed E-state index contributed by atoms with van der Waals surface area (Å²) in [5.74, 6) is 0.171. The number of nitrogens with one attached hydrogen (secondary N) is 2. The highest BCUT2D eigenvalue weighted by atomic mass is 35.5. The van der Waals surface area contributed by atoms with Crippen molar-refractivity contribution in [2.45, 2.75) is 6.54 Å². The van der Waals surface area contributed by atoms with Gasteiger partial charge in [0.2, 0.25) is 11.6 Å². The fourth-order valence-electron chi connectivity index (χ4n) is 2.62. The Bertz CT molecular complexity index is 1130. The summed E-state index contributed by atoms with van der Waals surface area (Å²) in [6.45, 7) is 0.290. The van der Waals surface area contributed by atoms with Gasteiger partial charge in [-0.2, -0.15) is 0 Å². The van der Waals surface area contributed by atoms with E-state index in [1.165, 1.54) is 17.7 Å². The molecule has 0 bridgehead atoms. The number of thiazole rings is 1. The molecule has 0 radical (unpaired) electrons. The Labute approximate surface area is 168 Å². The van der Waals surface area contributed by atoms with Gasteiger partial charge in [0.05, 0.1) is 15.1 Å². The van der Waals surface area contributed by atoms with E-state index < -0.39 is 4.92 Å². The molecule has 4 aromatic rings. The minimum Gasteiger partial charge on any atom is -0.360 e. The number of para-hydroxylation sites is 1. The molecule has 8 nitrogen and oxygen atoms in total. The van der Waals surface area contributed by atoms with Gasteiger partial charge in [-0.05, 0) is 23.8 Å². The third-order valence-electron chi connectivity index (χ3n) is 3.93. The molecule has 0 aliphatic carbocycles. The monoisotopic (exact) mass is 412 g/mol. The molecule has 0 unspecified atom stereocenters. The van der Waals surface area contributed by atoms with Crippen LogP contribution in [-0.2, 0) is 6.54 Å². The number of hydrogen-bond acceptors (Lipinski definition) is 8. The van der Waals surface area contributed by atoms with Crippen molar-refractivity contribution in [3.63, 3.8) is 0 Å². The number of fused-ring (bicyclic) bond motifs is 1. The standard InChI is InChI=1S/C18H13ClN6O2S/c19-12-6-2-1-5-11(12)9-20-16-15(25(26)27)17(22-10-21-16)24-18-23-13-7-3-4-8-14(13)28-18/h1-8,10H,9H2,(H2,20,21,22,23,24). The molecule has 0 aliphatic heterocycles. The van der Waals surface area contributed by atoms with Crippen molar-refractivity contribution >= 4 is 55.6 Å². The lowest BCUT2D eigenvalue weighted by Gasteiger charge is -2.09. The normalized spacial score (nSPS) is 10.8. The molecule has 0 amide bonds. The van der Waals surface area contributed by atoms with Crippen LogP contribution in [0.2, 0.25) is 5.02 Å². The molecule has 2 heterocycles. The zero-order valence-corrected chi connectivity index (χ0v) is 15.9. The van der Waals surface area contributed by atoms with Crippen LogP contribution < -0.4 is 10.6 Å². The summed E-state index contributed by atoms with van der Waals surface area (Å²) in [4.78, 5) is 23.7. The topological polar surface area (TPSA) is 106 Å². The summed E-state index contributed by atoms with van der Waals surface area (Å²) >= 11 is 7.53. The SMILES string of the molecule is O=[N+]([O-])c1c(NCc2ccccc2Cl)ncnc1Nc1nc2ccccc2s1. The van der Waals surface area contributed by atoms with Crippen LogP contribution in [-0.4, -0.2) is 19.9 Å². The molecule has 0 fully saturated rings. The predicted octanol–water partition coefficient (Wildman–Crippen LogP) is 5.00. The van der Waals surface area contributed by atoms with Crippen molar-refractivity contribution in [1.82, 2.24) is 15.0 Å². The molecule has 0 atom stereocenters. The molecular weight excluding hydrogens is 400 g/mol. The molecule has 4 rings (SSSR count). The van der Waals surface area contributed by atoms with Crippen molar-refractivity contribution in [2.75, 3.05) is 10.6 Å². The van der Waals surface area contributed by atoms with Crippen LogP contribution in [0.15, 0.2) is 54.9 Å². The fourth-order valence-corrected chi connectivity index (χ4v) is 3.69.